The van der Waals surface area contributed by atoms with Gasteiger partial charge >= 0.3 is 6.29 Å². The predicted molar refractivity (Wildman–Crippen MR) is 38.9 cm³/mol. The minimum Gasteiger partial charge on any atom is -0.406 e. The summed E-state index contributed by atoms with van der Waals surface area (Å²) in [6, 6.07) is 1.96. The highest BCUT2D eigenvalue weighted by molar-refractivity contribution is 5.24. The van der Waals surface area contributed by atoms with Crippen molar-refractivity contribution in [1.82, 2.24) is 0 Å². The Balaban J connectivity index is 2.91. The number of ether oxygens (including phenoxy) is 2. The topological polar surface area (TPSA) is 18.5 Å². The molecule has 0 aliphatic heterocycles. The van der Waals surface area contributed by atoms with Crippen molar-refractivity contribution >= 4 is 0 Å². The first-order valence-corrected chi connectivity index (χ1v) is 3.51. The third-order valence-corrected chi connectivity index (χ3v) is 1.36. The lowest BCUT2D eigenvalue weighted by molar-refractivity contribution is -0.342. The van der Waals surface area contributed by atoms with Gasteiger partial charge in [-0.3, -0.25) is 4.74 Å². The van der Waals surface area contributed by atoms with E-state index in [1.807, 2.05) is 0 Å². The van der Waals surface area contributed by atoms with Crippen molar-refractivity contribution < 1.29 is 27.0 Å². The number of alkyl halides is 2. The van der Waals surface area contributed by atoms with E-state index in [-0.39, 0.29) is 0 Å². The molecule has 2 nitrogen and oxygen atoms in total. The lowest BCUT2D eigenvalue weighted by Crippen LogP contribution is -2.27. The fourth-order valence-electron chi connectivity index (χ4n) is 0.725. The average Bonchev–Trinajstić information content (AvgIpc) is 2.11. The SMILES string of the molecule is COC(F)(F)Oc1cc(F)ccc1F. The fourth-order valence-corrected chi connectivity index (χ4v) is 0.725. The van der Waals surface area contributed by atoms with Gasteiger partial charge in [-0.2, -0.15) is 0 Å². The molecule has 0 aromatic heterocycles. The van der Waals surface area contributed by atoms with Crippen molar-refractivity contribution in [2.24, 2.45) is 0 Å². The Kier molecular flexibility index (Phi) is 2.95. The molecule has 6 heteroatoms. The highest BCUT2D eigenvalue weighted by Crippen LogP contribution is 2.25. The van der Waals surface area contributed by atoms with Crippen LogP contribution in [-0.4, -0.2) is 13.4 Å². The van der Waals surface area contributed by atoms with E-state index < -0.39 is 23.7 Å². The first-order valence-electron chi connectivity index (χ1n) is 3.51. The summed E-state index contributed by atoms with van der Waals surface area (Å²) in [6.45, 7) is 0. The number of hydrogen-bond donors (Lipinski definition) is 0. The molecule has 0 amide bonds. The third kappa shape index (κ3) is 2.59. The molecule has 1 aromatic carbocycles. The van der Waals surface area contributed by atoms with E-state index >= 15 is 0 Å². The number of rotatable bonds is 3. The summed E-state index contributed by atoms with van der Waals surface area (Å²) >= 11 is 0. The Morgan fingerprint density at radius 2 is 1.86 bits per heavy atom. The molecule has 0 N–H and O–H groups in total. The normalized spacial score (nSPS) is 11.5. The van der Waals surface area contributed by atoms with Crippen molar-refractivity contribution in [1.29, 1.82) is 0 Å². The molecule has 0 aliphatic carbocycles. The largest absolute Gasteiger partial charge is 0.535 e. The summed E-state index contributed by atoms with van der Waals surface area (Å²) in [7, 11) is 0.678. The zero-order chi connectivity index (χ0) is 10.8. The summed E-state index contributed by atoms with van der Waals surface area (Å²) in [5.74, 6) is -2.88. The maximum absolute atomic E-state index is 12.8. The van der Waals surface area contributed by atoms with E-state index in [1.165, 1.54) is 0 Å². The van der Waals surface area contributed by atoms with Gasteiger partial charge in [-0.1, -0.05) is 0 Å². The summed E-state index contributed by atoms with van der Waals surface area (Å²) in [5.41, 5.74) is 0. The highest BCUT2D eigenvalue weighted by atomic mass is 19.3. The van der Waals surface area contributed by atoms with Crippen LogP contribution in [0.4, 0.5) is 17.6 Å². The van der Waals surface area contributed by atoms with E-state index in [0.29, 0.717) is 19.2 Å². The Bertz CT molecular complexity index is 327. The third-order valence-electron chi connectivity index (χ3n) is 1.36. The molecule has 1 aromatic rings. The molecule has 0 spiro atoms. The molecule has 0 bridgehead atoms. The molecular formula is C8H6F4O2. The number of hydrogen-bond acceptors (Lipinski definition) is 2. The fraction of sp³-hybridized carbons (Fsp3) is 0.250. The molecule has 0 saturated carbocycles. The first kappa shape index (κ1) is 10.8. The molecular weight excluding hydrogens is 204 g/mol. The van der Waals surface area contributed by atoms with Crippen molar-refractivity contribution in [2.75, 3.05) is 7.11 Å². The molecule has 0 atom stereocenters. The van der Waals surface area contributed by atoms with Gasteiger partial charge in [0.2, 0.25) is 0 Å². The van der Waals surface area contributed by atoms with Gasteiger partial charge in [0.1, 0.15) is 5.82 Å². The van der Waals surface area contributed by atoms with Crippen molar-refractivity contribution in [3.05, 3.63) is 29.8 Å². The zero-order valence-corrected chi connectivity index (χ0v) is 7.06. The minimum absolute atomic E-state index is 0.502. The van der Waals surface area contributed by atoms with Gasteiger partial charge in [0.25, 0.3) is 0 Å². The van der Waals surface area contributed by atoms with Crippen LogP contribution in [-0.2, 0) is 4.74 Å². The smallest absolute Gasteiger partial charge is 0.406 e. The van der Waals surface area contributed by atoms with Gasteiger partial charge in [-0.05, 0) is 12.1 Å². The summed E-state index contributed by atoms with van der Waals surface area (Å²) < 4.78 is 57.5. The average molecular weight is 210 g/mol. The molecule has 78 valence electrons. The second kappa shape index (κ2) is 3.83. The number of methoxy groups -OCH3 is 1. The van der Waals surface area contributed by atoms with Crippen molar-refractivity contribution in [3.8, 4) is 5.75 Å². The van der Waals surface area contributed by atoms with E-state index in [9.17, 15) is 17.6 Å². The maximum atomic E-state index is 12.8. The van der Waals surface area contributed by atoms with Gasteiger partial charge in [-0.25, -0.2) is 8.78 Å². The van der Waals surface area contributed by atoms with Crippen LogP contribution in [0.1, 0.15) is 0 Å². The maximum Gasteiger partial charge on any atom is 0.535 e. The molecule has 0 saturated heterocycles. The van der Waals surface area contributed by atoms with E-state index in [4.69, 9.17) is 0 Å². The van der Waals surface area contributed by atoms with Crippen LogP contribution in [0.25, 0.3) is 0 Å². The molecule has 0 fully saturated rings. The van der Waals surface area contributed by atoms with Crippen LogP contribution in [0.5, 0.6) is 5.75 Å². The lowest BCUT2D eigenvalue weighted by Gasteiger charge is -2.15. The highest BCUT2D eigenvalue weighted by Gasteiger charge is 2.33. The van der Waals surface area contributed by atoms with Crippen LogP contribution in [0, 0.1) is 11.6 Å². The van der Waals surface area contributed by atoms with E-state index in [1.54, 1.807) is 0 Å². The Morgan fingerprint density at radius 3 is 2.43 bits per heavy atom. The molecule has 0 radical (unpaired) electrons. The van der Waals surface area contributed by atoms with Crippen LogP contribution in [0.2, 0.25) is 0 Å². The molecule has 0 heterocycles. The number of benzene rings is 1. The number of halogens is 4. The Labute approximate surface area is 77.1 Å². The summed E-state index contributed by atoms with van der Waals surface area (Å²) in [5, 5.41) is 0. The second-order valence-corrected chi connectivity index (χ2v) is 2.34. The Morgan fingerprint density at radius 1 is 1.21 bits per heavy atom. The standard InChI is InChI=1S/C8H6F4O2/c1-13-8(11,12)14-7-4-5(9)2-3-6(7)10/h2-4H,1H3. The van der Waals surface area contributed by atoms with Crippen LogP contribution < -0.4 is 4.74 Å². The van der Waals surface area contributed by atoms with Gasteiger partial charge < -0.3 is 4.74 Å². The van der Waals surface area contributed by atoms with E-state index in [2.05, 4.69) is 9.47 Å². The first-order chi connectivity index (χ1) is 6.44. The van der Waals surface area contributed by atoms with E-state index in [0.717, 1.165) is 6.07 Å². The second-order valence-electron chi connectivity index (χ2n) is 2.34. The monoisotopic (exact) mass is 210 g/mol. The minimum atomic E-state index is -3.98. The quantitative estimate of drug-likeness (QED) is 0.563. The lowest BCUT2D eigenvalue weighted by atomic mass is 10.3. The molecule has 1 rings (SSSR count). The van der Waals surface area contributed by atoms with Gasteiger partial charge in [-0.15, -0.1) is 8.78 Å². The van der Waals surface area contributed by atoms with Crippen LogP contribution >= 0.6 is 0 Å². The van der Waals surface area contributed by atoms with Crippen molar-refractivity contribution in [3.63, 3.8) is 0 Å². The van der Waals surface area contributed by atoms with Crippen LogP contribution in [0.3, 0.4) is 0 Å². The Hall–Kier alpha value is -1.30. The molecule has 0 unspecified atom stereocenters. The summed E-state index contributed by atoms with van der Waals surface area (Å²) in [6.07, 6.45) is -3.98. The predicted octanol–water partition coefficient (Wildman–Crippen LogP) is 2.54. The van der Waals surface area contributed by atoms with Crippen LogP contribution in [0.15, 0.2) is 18.2 Å². The molecule has 14 heavy (non-hydrogen) atoms. The zero-order valence-electron chi connectivity index (χ0n) is 7.06. The van der Waals surface area contributed by atoms with Gasteiger partial charge in [0, 0.05) is 13.2 Å². The van der Waals surface area contributed by atoms with Crippen molar-refractivity contribution in [2.45, 2.75) is 6.29 Å². The summed E-state index contributed by atoms with van der Waals surface area (Å²) in [4.78, 5) is 0. The van der Waals surface area contributed by atoms with Gasteiger partial charge in [0.15, 0.2) is 11.6 Å². The molecule has 0 aliphatic rings. The van der Waals surface area contributed by atoms with Gasteiger partial charge in [0.05, 0.1) is 0 Å².